The number of halogens is 3. The van der Waals surface area contributed by atoms with Crippen LogP contribution in [0.15, 0.2) is 24.3 Å². The molecule has 3 atom stereocenters. The maximum Gasteiger partial charge on any atom is 0.266 e. The Balaban J connectivity index is 1.23. The maximum atomic E-state index is 13.9. The fourth-order valence-electron chi connectivity index (χ4n) is 5.87. The van der Waals surface area contributed by atoms with Crippen LogP contribution in [0.5, 0.6) is 0 Å². The Morgan fingerprint density at radius 2 is 1.82 bits per heavy atom. The van der Waals surface area contributed by atoms with E-state index in [2.05, 4.69) is 20.4 Å². The van der Waals surface area contributed by atoms with Crippen LogP contribution in [0.2, 0.25) is 0 Å². The van der Waals surface area contributed by atoms with Gasteiger partial charge in [-0.1, -0.05) is 6.07 Å². The maximum absolute atomic E-state index is 13.9. The van der Waals surface area contributed by atoms with Gasteiger partial charge in [0.2, 0.25) is 0 Å². The van der Waals surface area contributed by atoms with Crippen LogP contribution in [0.25, 0.3) is 11.3 Å². The van der Waals surface area contributed by atoms with Gasteiger partial charge in [0.25, 0.3) is 6.43 Å². The summed E-state index contributed by atoms with van der Waals surface area (Å²) in [5.74, 6) is 1.91. The number of alkyl halides is 2. The SMILES string of the molecule is Cc1ccc(F)cc1-c1nnc(NC2C[C@@H]3CN(CC4CCOCC4)C[C@@H]3C2)cc1C(F)F. The average molecular weight is 461 g/mol. The molecule has 3 fully saturated rings. The Kier molecular flexibility index (Phi) is 6.56. The first-order chi connectivity index (χ1) is 16.0. The van der Waals surface area contributed by atoms with Crippen LogP contribution in [0, 0.1) is 30.5 Å². The Morgan fingerprint density at radius 1 is 1.09 bits per heavy atom. The molecule has 1 saturated carbocycles. The van der Waals surface area contributed by atoms with Crippen LogP contribution in [0.3, 0.4) is 0 Å². The largest absolute Gasteiger partial charge is 0.381 e. The van der Waals surface area contributed by atoms with Crippen LogP contribution < -0.4 is 5.32 Å². The van der Waals surface area contributed by atoms with Gasteiger partial charge in [-0.05, 0) is 74.1 Å². The molecule has 8 heteroatoms. The summed E-state index contributed by atoms with van der Waals surface area (Å²) in [6.07, 6.45) is 1.63. The van der Waals surface area contributed by atoms with Crippen LogP contribution in [0.4, 0.5) is 19.0 Å². The molecule has 5 rings (SSSR count). The first-order valence-electron chi connectivity index (χ1n) is 11.9. The van der Waals surface area contributed by atoms with Crippen molar-refractivity contribution in [1.29, 1.82) is 0 Å². The molecule has 5 nitrogen and oxygen atoms in total. The highest BCUT2D eigenvalue weighted by molar-refractivity contribution is 5.68. The molecule has 1 N–H and O–H groups in total. The van der Waals surface area contributed by atoms with Crippen LogP contribution >= 0.6 is 0 Å². The zero-order chi connectivity index (χ0) is 22.9. The van der Waals surface area contributed by atoms with Gasteiger partial charge in [-0.25, -0.2) is 13.2 Å². The van der Waals surface area contributed by atoms with E-state index in [1.807, 2.05) is 0 Å². The Labute approximate surface area is 192 Å². The number of likely N-dealkylation sites (tertiary alicyclic amines) is 1. The number of rotatable bonds is 6. The number of benzene rings is 1. The molecule has 0 spiro atoms. The number of ether oxygens (including phenoxy) is 1. The number of hydrogen-bond acceptors (Lipinski definition) is 5. The summed E-state index contributed by atoms with van der Waals surface area (Å²) >= 11 is 0. The lowest BCUT2D eigenvalue weighted by Crippen LogP contribution is -2.32. The van der Waals surface area contributed by atoms with Crippen molar-refractivity contribution in [3.63, 3.8) is 0 Å². The van der Waals surface area contributed by atoms with Gasteiger partial charge in [0, 0.05) is 50.0 Å². The van der Waals surface area contributed by atoms with E-state index >= 15 is 0 Å². The summed E-state index contributed by atoms with van der Waals surface area (Å²) < 4.78 is 46.9. The van der Waals surface area contributed by atoms with E-state index in [4.69, 9.17) is 4.74 Å². The third kappa shape index (κ3) is 5.01. The summed E-state index contributed by atoms with van der Waals surface area (Å²) in [7, 11) is 0. The third-order valence-electron chi connectivity index (χ3n) is 7.55. The molecule has 178 valence electrons. The third-order valence-corrected chi connectivity index (χ3v) is 7.55. The van der Waals surface area contributed by atoms with Crippen molar-refractivity contribution in [2.75, 3.05) is 38.2 Å². The molecule has 3 heterocycles. The summed E-state index contributed by atoms with van der Waals surface area (Å²) in [6, 6.07) is 5.71. The number of hydrogen-bond donors (Lipinski definition) is 1. The van der Waals surface area contributed by atoms with Gasteiger partial charge < -0.3 is 15.0 Å². The minimum Gasteiger partial charge on any atom is -0.381 e. The molecular weight excluding hydrogens is 429 g/mol. The standard InChI is InChI=1S/C25H31F3N4O/c1-15-2-3-19(26)10-21(15)24-22(25(27)28)11-23(30-31-24)29-20-8-17-13-32(14-18(17)9-20)12-16-4-6-33-7-5-16/h2-3,10-11,16-18,20,25H,4-9,12-14H2,1H3,(H,29,30)/t17-,18+,20?. The van der Waals surface area contributed by atoms with Gasteiger partial charge in [-0.15, -0.1) is 10.2 Å². The summed E-state index contributed by atoms with van der Waals surface area (Å²) in [6.45, 7) is 6.92. The zero-order valence-electron chi connectivity index (χ0n) is 18.9. The molecule has 3 aliphatic rings. The molecule has 1 aliphatic carbocycles. The highest BCUT2D eigenvalue weighted by Gasteiger charge is 2.41. The fourth-order valence-corrected chi connectivity index (χ4v) is 5.87. The van der Waals surface area contributed by atoms with Crippen molar-refractivity contribution in [2.24, 2.45) is 17.8 Å². The second-order valence-electron chi connectivity index (χ2n) is 9.90. The zero-order valence-corrected chi connectivity index (χ0v) is 18.9. The molecule has 1 aromatic carbocycles. The quantitative estimate of drug-likeness (QED) is 0.652. The second kappa shape index (κ2) is 9.58. The molecule has 0 bridgehead atoms. The number of nitrogens with one attached hydrogen (secondary N) is 1. The number of aryl methyl sites for hydroxylation is 1. The Morgan fingerprint density at radius 3 is 2.52 bits per heavy atom. The van der Waals surface area contributed by atoms with Gasteiger partial charge in [-0.3, -0.25) is 0 Å². The van der Waals surface area contributed by atoms with E-state index in [0.29, 0.717) is 28.8 Å². The summed E-state index contributed by atoms with van der Waals surface area (Å²) in [5, 5.41) is 11.6. The lowest BCUT2D eigenvalue weighted by atomic mass is 10.00. The number of fused-ring (bicyclic) bond motifs is 1. The number of nitrogens with zero attached hydrogens (tertiary/aromatic N) is 3. The molecule has 1 aromatic heterocycles. The highest BCUT2D eigenvalue weighted by atomic mass is 19.3. The Hall–Kier alpha value is -2.19. The van der Waals surface area contributed by atoms with Gasteiger partial charge in [0.1, 0.15) is 17.3 Å². The minimum atomic E-state index is -2.72. The van der Waals surface area contributed by atoms with Gasteiger partial charge in [0.15, 0.2) is 0 Å². The molecule has 33 heavy (non-hydrogen) atoms. The first-order valence-corrected chi connectivity index (χ1v) is 11.9. The van der Waals surface area contributed by atoms with Crippen LogP contribution in [0.1, 0.15) is 43.2 Å². The molecular formula is C25H31F3N4O. The topological polar surface area (TPSA) is 50.3 Å². The van der Waals surface area contributed by atoms with E-state index in [1.54, 1.807) is 13.0 Å². The predicted molar refractivity (Wildman–Crippen MR) is 121 cm³/mol. The highest BCUT2D eigenvalue weighted by Crippen LogP contribution is 2.40. The second-order valence-corrected chi connectivity index (χ2v) is 9.90. The Bertz CT molecular complexity index is 968. The van der Waals surface area contributed by atoms with Crippen LogP contribution in [-0.2, 0) is 4.74 Å². The minimum absolute atomic E-state index is 0.0413. The van der Waals surface area contributed by atoms with E-state index in [9.17, 15) is 13.2 Å². The average Bonchev–Trinajstić information content (AvgIpc) is 3.34. The molecule has 2 saturated heterocycles. The van der Waals surface area contributed by atoms with Crippen LogP contribution in [-0.4, -0.2) is 54.0 Å². The van der Waals surface area contributed by atoms with E-state index in [0.717, 1.165) is 57.9 Å². The lowest BCUT2D eigenvalue weighted by molar-refractivity contribution is 0.0545. The smallest absolute Gasteiger partial charge is 0.266 e. The van der Waals surface area contributed by atoms with Crippen molar-refractivity contribution in [3.8, 4) is 11.3 Å². The van der Waals surface area contributed by atoms with Gasteiger partial charge in [0.05, 0.1) is 0 Å². The molecule has 0 radical (unpaired) electrons. The molecule has 2 aliphatic heterocycles. The number of anilines is 1. The van der Waals surface area contributed by atoms with Crippen molar-refractivity contribution in [2.45, 2.75) is 45.1 Å². The number of aromatic nitrogens is 2. The fraction of sp³-hybridized carbons (Fsp3) is 0.600. The van der Waals surface area contributed by atoms with Crippen molar-refractivity contribution >= 4 is 5.82 Å². The summed E-state index contributed by atoms with van der Waals surface area (Å²) in [5.41, 5.74) is 0.855. The normalized spacial score (nSPS) is 26.2. The van der Waals surface area contributed by atoms with Gasteiger partial charge >= 0.3 is 0 Å². The molecule has 2 aromatic rings. The van der Waals surface area contributed by atoms with Crippen molar-refractivity contribution in [1.82, 2.24) is 15.1 Å². The van der Waals surface area contributed by atoms with Crippen molar-refractivity contribution < 1.29 is 17.9 Å². The van der Waals surface area contributed by atoms with E-state index in [-0.39, 0.29) is 17.3 Å². The predicted octanol–water partition coefficient (Wildman–Crippen LogP) is 5.08. The van der Waals surface area contributed by atoms with E-state index < -0.39 is 12.2 Å². The van der Waals surface area contributed by atoms with Crippen molar-refractivity contribution in [3.05, 3.63) is 41.2 Å². The van der Waals surface area contributed by atoms with Gasteiger partial charge in [-0.2, -0.15) is 0 Å². The monoisotopic (exact) mass is 460 g/mol. The summed E-state index contributed by atoms with van der Waals surface area (Å²) in [4.78, 5) is 2.60. The lowest BCUT2D eigenvalue weighted by Gasteiger charge is -2.27. The van der Waals surface area contributed by atoms with E-state index in [1.165, 1.54) is 24.7 Å². The first kappa shape index (κ1) is 22.6. The molecule has 1 unspecified atom stereocenters. The molecule has 0 amide bonds.